The van der Waals surface area contributed by atoms with Crippen LogP contribution in [0.25, 0.3) is 0 Å². The first kappa shape index (κ1) is 20.2. The number of methoxy groups -OCH3 is 1. The second-order valence-corrected chi connectivity index (χ2v) is 8.35. The normalized spacial score (nSPS) is 20.2. The standard InChI is InChI=1S/C19H22N2O6S/c1-20-12-11-15(19(20)14-3-7-17(26-2)8-4-14)13-27-28(24,25)18-9-5-16(6-10-18)21(22)23/h3-10,15,19H,11-13H2,1-2H3/t15-,19-/m0/s1. The van der Waals surface area contributed by atoms with Crippen LogP contribution in [0.2, 0.25) is 0 Å². The molecule has 150 valence electrons. The van der Waals surface area contributed by atoms with E-state index in [1.54, 1.807) is 7.11 Å². The van der Waals surface area contributed by atoms with E-state index in [2.05, 4.69) is 4.90 Å². The minimum absolute atomic E-state index is 0.00576. The Labute approximate surface area is 164 Å². The van der Waals surface area contributed by atoms with Gasteiger partial charge in [0, 0.05) is 24.1 Å². The third-order valence-electron chi connectivity index (χ3n) is 5.00. The van der Waals surface area contributed by atoms with E-state index in [-0.39, 0.29) is 29.1 Å². The van der Waals surface area contributed by atoms with Gasteiger partial charge < -0.3 is 4.74 Å². The second-order valence-electron chi connectivity index (χ2n) is 6.74. The average molecular weight is 406 g/mol. The maximum Gasteiger partial charge on any atom is 0.296 e. The molecule has 2 aromatic rings. The molecule has 0 radical (unpaired) electrons. The predicted molar refractivity (Wildman–Crippen MR) is 103 cm³/mol. The van der Waals surface area contributed by atoms with E-state index >= 15 is 0 Å². The van der Waals surface area contributed by atoms with Crippen LogP contribution in [-0.2, 0) is 14.3 Å². The molecule has 1 aliphatic rings. The summed E-state index contributed by atoms with van der Waals surface area (Å²) in [6.45, 7) is 0.878. The molecule has 0 unspecified atom stereocenters. The summed E-state index contributed by atoms with van der Waals surface area (Å²) in [4.78, 5) is 12.2. The van der Waals surface area contributed by atoms with Crippen LogP contribution in [0.5, 0.6) is 5.75 Å². The van der Waals surface area contributed by atoms with Crippen molar-refractivity contribution in [2.75, 3.05) is 27.3 Å². The Kier molecular flexibility index (Phi) is 5.97. The van der Waals surface area contributed by atoms with E-state index in [4.69, 9.17) is 8.92 Å². The fourth-order valence-electron chi connectivity index (χ4n) is 3.51. The number of nitro benzene ring substituents is 1. The number of nitro groups is 1. The van der Waals surface area contributed by atoms with Gasteiger partial charge in [-0.3, -0.25) is 19.2 Å². The van der Waals surface area contributed by atoms with Gasteiger partial charge in [0.1, 0.15) is 5.75 Å². The highest BCUT2D eigenvalue weighted by molar-refractivity contribution is 7.86. The summed E-state index contributed by atoms with van der Waals surface area (Å²) >= 11 is 0. The van der Waals surface area contributed by atoms with Gasteiger partial charge in [0.15, 0.2) is 0 Å². The molecule has 28 heavy (non-hydrogen) atoms. The van der Waals surface area contributed by atoms with Gasteiger partial charge in [-0.25, -0.2) is 0 Å². The molecule has 0 aliphatic carbocycles. The van der Waals surface area contributed by atoms with Crippen molar-refractivity contribution >= 4 is 15.8 Å². The Morgan fingerprint density at radius 1 is 1.14 bits per heavy atom. The van der Waals surface area contributed by atoms with Gasteiger partial charge in [-0.1, -0.05) is 12.1 Å². The SMILES string of the molecule is COc1ccc([C@H]2[C@H](COS(=O)(=O)c3ccc([N+](=O)[O-])cc3)CCN2C)cc1. The van der Waals surface area contributed by atoms with Crippen LogP contribution < -0.4 is 4.74 Å². The lowest BCUT2D eigenvalue weighted by atomic mass is 9.94. The molecule has 0 amide bonds. The highest BCUT2D eigenvalue weighted by Crippen LogP contribution is 2.37. The zero-order valence-electron chi connectivity index (χ0n) is 15.6. The molecular formula is C19H22N2O6S. The largest absolute Gasteiger partial charge is 0.497 e. The minimum Gasteiger partial charge on any atom is -0.497 e. The molecule has 2 atom stereocenters. The fourth-order valence-corrected chi connectivity index (χ4v) is 4.47. The number of hydrogen-bond acceptors (Lipinski definition) is 7. The van der Waals surface area contributed by atoms with Gasteiger partial charge in [-0.2, -0.15) is 8.42 Å². The molecule has 9 heteroatoms. The van der Waals surface area contributed by atoms with E-state index in [1.807, 2.05) is 31.3 Å². The van der Waals surface area contributed by atoms with Gasteiger partial charge in [0.2, 0.25) is 0 Å². The van der Waals surface area contributed by atoms with Crippen molar-refractivity contribution in [3.63, 3.8) is 0 Å². The quantitative estimate of drug-likeness (QED) is 0.396. The molecule has 1 saturated heterocycles. The zero-order chi connectivity index (χ0) is 20.3. The Morgan fingerprint density at radius 2 is 1.79 bits per heavy atom. The third-order valence-corrected chi connectivity index (χ3v) is 6.30. The van der Waals surface area contributed by atoms with Crippen LogP contribution in [0, 0.1) is 16.0 Å². The van der Waals surface area contributed by atoms with Gasteiger partial charge in [-0.15, -0.1) is 0 Å². The number of ether oxygens (including phenoxy) is 1. The molecule has 0 bridgehead atoms. The van der Waals surface area contributed by atoms with Crippen LogP contribution in [0.1, 0.15) is 18.0 Å². The summed E-state index contributed by atoms with van der Waals surface area (Å²) in [5, 5.41) is 10.7. The van der Waals surface area contributed by atoms with Gasteiger partial charge in [0.25, 0.3) is 15.8 Å². The smallest absolute Gasteiger partial charge is 0.296 e. The van der Waals surface area contributed by atoms with Gasteiger partial charge in [-0.05, 0) is 49.8 Å². The number of non-ortho nitro benzene ring substituents is 1. The van der Waals surface area contributed by atoms with Crippen LogP contribution in [0.3, 0.4) is 0 Å². The third kappa shape index (κ3) is 4.32. The Balaban J connectivity index is 1.71. The molecule has 2 aromatic carbocycles. The van der Waals surface area contributed by atoms with Crippen molar-refractivity contribution in [1.82, 2.24) is 4.90 Å². The summed E-state index contributed by atoms with van der Waals surface area (Å²) in [5.74, 6) is 0.768. The molecule has 1 fully saturated rings. The lowest BCUT2D eigenvalue weighted by molar-refractivity contribution is -0.384. The van der Waals surface area contributed by atoms with Crippen molar-refractivity contribution in [2.45, 2.75) is 17.4 Å². The summed E-state index contributed by atoms with van der Waals surface area (Å²) in [6, 6.07) is 12.4. The molecular weight excluding hydrogens is 384 g/mol. The molecule has 0 spiro atoms. The molecule has 0 N–H and O–H groups in total. The second kappa shape index (κ2) is 8.26. The van der Waals surface area contributed by atoms with E-state index in [9.17, 15) is 18.5 Å². The van der Waals surface area contributed by atoms with Gasteiger partial charge in [0.05, 0.1) is 23.5 Å². The first-order chi connectivity index (χ1) is 13.3. The number of benzene rings is 2. The van der Waals surface area contributed by atoms with E-state index in [1.165, 1.54) is 12.1 Å². The summed E-state index contributed by atoms with van der Waals surface area (Å²) in [7, 11) is -0.378. The van der Waals surface area contributed by atoms with Crippen LogP contribution in [0.4, 0.5) is 5.69 Å². The summed E-state index contributed by atoms with van der Waals surface area (Å²) < 4.78 is 35.4. The molecule has 1 aliphatic heterocycles. The van der Waals surface area contributed by atoms with Crippen molar-refractivity contribution in [3.05, 3.63) is 64.2 Å². The topological polar surface area (TPSA) is 99.0 Å². The Morgan fingerprint density at radius 3 is 2.36 bits per heavy atom. The lowest BCUT2D eigenvalue weighted by Crippen LogP contribution is -2.24. The summed E-state index contributed by atoms with van der Waals surface area (Å²) in [6.07, 6.45) is 0.809. The average Bonchev–Trinajstić information content (AvgIpc) is 3.07. The highest BCUT2D eigenvalue weighted by atomic mass is 32.2. The maximum atomic E-state index is 12.5. The maximum absolute atomic E-state index is 12.5. The number of nitrogens with zero attached hydrogens (tertiary/aromatic N) is 2. The van der Waals surface area contributed by atoms with Crippen LogP contribution >= 0.6 is 0 Å². The first-order valence-corrected chi connectivity index (χ1v) is 10.2. The van der Waals surface area contributed by atoms with Crippen molar-refractivity contribution in [2.24, 2.45) is 5.92 Å². The number of hydrogen-bond donors (Lipinski definition) is 0. The van der Waals surface area contributed by atoms with Crippen molar-refractivity contribution < 1.29 is 22.3 Å². The molecule has 1 heterocycles. The lowest BCUT2D eigenvalue weighted by Gasteiger charge is -2.25. The van der Waals surface area contributed by atoms with Crippen molar-refractivity contribution in [3.8, 4) is 5.75 Å². The van der Waals surface area contributed by atoms with E-state index in [0.29, 0.717) is 0 Å². The zero-order valence-corrected chi connectivity index (χ0v) is 16.5. The van der Waals surface area contributed by atoms with Gasteiger partial charge >= 0.3 is 0 Å². The number of rotatable bonds is 7. The minimum atomic E-state index is -3.99. The first-order valence-electron chi connectivity index (χ1n) is 8.80. The van der Waals surface area contributed by atoms with Crippen LogP contribution in [-0.4, -0.2) is 45.6 Å². The number of likely N-dealkylation sites (tertiary alicyclic amines) is 1. The molecule has 8 nitrogen and oxygen atoms in total. The molecule has 3 rings (SSSR count). The van der Waals surface area contributed by atoms with Crippen molar-refractivity contribution in [1.29, 1.82) is 0 Å². The molecule has 0 aromatic heterocycles. The predicted octanol–water partition coefficient (Wildman–Crippen LogP) is 3.00. The summed E-state index contributed by atoms with van der Waals surface area (Å²) in [5.41, 5.74) is 0.901. The Hall–Kier alpha value is -2.49. The van der Waals surface area contributed by atoms with E-state index in [0.717, 1.165) is 36.4 Å². The van der Waals surface area contributed by atoms with E-state index < -0.39 is 15.0 Å². The monoisotopic (exact) mass is 406 g/mol. The Bertz CT molecular complexity index is 928. The van der Waals surface area contributed by atoms with Crippen LogP contribution in [0.15, 0.2) is 53.4 Å². The molecule has 0 saturated carbocycles. The highest BCUT2D eigenvalue weighted by Gasteiger charge is 2.34. The fraction of sp³-hybridized carbons (Fsp3) is 0.368.